The highest BCUT2D eigenvalue weighted by molar-refractivity contribution is 5.90. The van der Waals surface area contributed by atoms with Gasteiger partial charge in [-0.1, -0.05) is 36.4 Å². The van der Waals surface area contributed by atoms with Crippen LogP contribution < -0.4 is 10.4 Å². The van der Waals surface area contributed by atoms with Crippen molar-refractivity contribution in [2.24, 2.45) is 5.92 Å². The summed E-state index contributed by atoms with van der Waals surface area (Å²) in [4.78, 5) is 22.8. The molecule has 0 spiro atoms. The zero-order chi connectivity index (χ0) is 18.3. The first-order valence-electron chi connectivity index (χ1n) is 8.55. The van der Waals surface area contributed by atoms with Crippen LogP contribution in [0.5, 0.6) is 0 Å². The number of esters is 1. The number of carbonyl (C=O) groups is 2. The van der Waals surface area contributed by atoms with Crippen LogP contribution in [0.4, 0.5) is 5.69 Å². The van der Waals surface area contributed by atoms with Crippen LogP contribution in [0.2, 0.25) is 0 Å². The summed E-state index contributed by atoms with van der Waals surface area (Å²) in [6.07, 6.45) is 5.28. The Morgan fingerprint density at radius 3 is 2.54 bits per heavy atom. The molecule has 1 aliphatic heterocycles. The molecular formula is C21H18NO4-. The summed E-state index contributed by atoms with van der Waals surface area (Å²) in [6, 6.07) is 12.5. The third kappa shape index (κ3) is 2.65. The Hall–Kier alpha value is -3.08. The first kappa shape index (κ1) is 16.4. The van der Waals surface area contributed by atoms with E-state index in [4.69, 9.17) is 4.74 Å². The van der Waals surface area contributed by atoms with E-state index in [1.807, 2.05) is 24.3 Å². The molecule has 0 unspecified atom stereocenters. The number of hydrogen-bond acceptors (Lipinski definition) is 5. The lowest BCUT2D eigenvalue weighted by atomic mass is 9.76. The number of hydrogen-bond donors (Lipinski definition) is 1. The number of carboxylic acids is 1. The van der Waals surface area contributed by atoms with Gasteiger partial charge in [0.25, 0.3) is 0 Å². The van der Waals surface area contributed by atoms with E-state index in [9.17, 15) is 14.7 Å². The molecule has 0 bridgehead atoms. The van der Waals surface area contributed by atoms with Crippen molar-refractivity contribution in [2.75, 3.05) is 12.4 Å². The molecular weight excluding hydrogens is 330 g/mol. The third-order valence-electron chi connectivity index (χ3n) is 5.29. The highest BCUT2D eigenvalue weighted by atomic mass is 16.5. The summed E-state index contributed by atoms with van der Waals surface area (Å²) < 4.78 is 4.83. The molecule has 1 heterocycles. The lowest BCUT2D eigenvalue weighted by Crippen LogP contribution is -2.29. The summed E-state index contributed by atoms with van der Waals surface area (Å²) >= 11 is 0. The molecule has 3 atom stereocenters. The summed E-state index contributed by atoms with van der Waals surface area (Å²) in [5.41, 5.74) is 3.84. The van der Waals surface area contributed by atoms with E-state index in [2.05, 4.69) is 17.5 Å². The van der Waals surface area contributed by atoms with Crippen molar-refractivity contribution in [3.63, 3.8) is 0 Å². The lowest BCUT2D eigenvalue weighted by Gasteiger charge is -2.37. The first-order valence-corrected chi connectivity index (χ1v) is 8.55. The number of ether oxygens (including phenoxy) is 1. The number of rotatable bonds is 3. The molecule has 5 heteroatoms. The van der Waals surface area contributed by atoms with Crippen LogP contribution in [0.15, 0.2) is 54.6 Å². The molecule has 4 rings (SSSR count). The highest BCUT2D eigenvalue weighted by Crippen LogP contribution is 2.49. The van der Waals surface area contributed by atoms with E-state index in [0.717, 1.165) is 23.2 Å². The minimum atomic E-state index is -1.17. The minimum Gasteiger partial charge on any atom is -0.545 e. The number of carbonyl (C=O) groups excluding carboxylic acids is 2. The molecule has 0 fully saturated rings. The van der Waals surface area contributed by atoms with E-state index in [1.54, 1.807) is 18.2 Å². The molecule has 132 valence electrons. The van der Waals surface area contributed by atoms with E-state index in [1.165, 1.54) is 7.11 Å². The van der Waals surface area contributed by atoms with Crippen molar-refractivity contribution in [3.05, 3.63) is 76.9 Å². The zero-order valence-electron chi connectivity index (χ0n) is 14.3. The monoisotopic (exact) mass is 348 g/mol. The van der Waals surface area contributed by atoms with Gasteiger partial charge in [-0.05, 0) is 47.2 Å². The van der Waals surface area contributed by atoms with Crippen LogP contribution in [-0.2, 0) is 4.74 Å². The molecule has 26 heavy (non-hydrogen) atoms. The van der Waals surface area contributed by atoms with Gasteiger partial charge in [-0.25, -0.2) is 4.79 Å². The normalized spacial score (nSPS) is 22.9. The number of anilines is 1. The van der Waals surface area contributed by atoms with Gasteiger partial charge in [-0.15, -0.1) is 0 Å². The van der Waals surface area contributed by atoms with Gasteiger partial charge in [0.05, 0.1) is 24.7 Å². The van der Waals surface area contributed by atoms with E-state index in [0.29, 0.717) is 11.5 Å². The van der Waals surface area contributed by atoms with Gasteiger partial charge in [0.15, 0.2) is 0 Å². The van der Waals surface area contributed by atoms with Gasteiger partial charge in [0.2, 0.25) is 0 Å². The predicted octanol–water partition coefficient (Wildman–Crippen LogP) is 2.66. The van der Waals surface area contributed by atoms with Gasteiger partial charge in [-0.2, -0.15) is 0 Å². The molecule has 0 saturated heterocycles. The van der Waals surface area contributed by atoms with Gasteiger partial charge < -0.3 is 20.0 Å². The molecule has 0 saturated carbocycles. The molecule has 1 aliphatic carbocycles. The standard InChI is InChI=1S/C21H19NO4/c1-26-21(25)14-9-10-18-17(11-14)15-3-2-4-16(15)19(22-18)12-5-7-13(8-6-12)20(23)24/h2-3,5-11,15-16,19,22H,4H2,1H3,(H,23,24)/p-1/t15-,16+,19+/m0/s1. The van der Waals surface area contributed by atoms with Crippen LogP contribution in [0.1, 0.15) is 50.2 Å². The number of fused-ring (bicyclic) bond motifs is 3. The van der Waals surface area contributed by atoms with E-state index >= 15 is 0 Å². The fraction of sp³-hybridized carbons (Fsp3) is 0.238. The fourth-order valence-corrected chi connectivity index (χ4v) is 4.00. The maximum atomic E-state index is 11.9. The smallest absolute Gasteiger partial charge is 0.337 e. The van der Waals surface area contributed by atoms with E-state index in [-0.39, 0.29) is 23.5 Å². The lowest BCUT2D eigenvalue weighted by molar-refractivity contribution is -0.255. The van der Waals surface area contributed by atoms with Gasteiger partial charge in [0.1, 0.15) is 0 Å². The minimum absolute atomic E-state index is 0.0716. The van der Waals surface area contributed by atoms with E-state index < -0.39 is 5.97 Å². The second kappa shape index (κ2) is 6.33. The van der Waals surface area contributed by atoms with Crippen LogP contribution >= 0.6 is 0 Å². The summed E-state index contributed by atoms with van der Waals surface area (Å²) in [5.74, 6) is -0.994. The topological polar surface area (TPSA) is 78.5 Å². The fourth-order valence-electron chi connectivity index (χ4n) is 4.00. The average molecular weight is 348 g/mol. The number of allylic oxidation sites excluding steroid dienone is 2. The van der Waals surface area contributed by atoms with Crippen molar-refractivity contribution < 1.29 is 19.4 Å². The predicted molar refractivity (Wildman–Crippen MR) is 94.9 cm³/mol. The number of aromatic carboxylic acids is 1. The third-order valence-corrected chi connectivity index (χ3v) is 5.29. The zero-order valence-corrected chi connectivity index (χ0v) is 14.3. The van der Waals surface area contributed by atoms with Crippen LogP contribution in [-0.4, -0.2) is 19.0 Å². The maximum Gasteiger partial charge on any atom is 0.337 e. The largest absolute Gasteiger partial charge is 0.545 e. The summed E-state index contributed by atoms with van der Waals surface area (Å²) in [7, 11) is 1.38. The Morgan fingerprint density at radius 2 is 1.85 bits per heavy atom. The molecule has 0 radical (unpaired) electrons. The molecule has 2 aromatic rings. The molecule has 2 aromatic carbocycles. The van der Waals surface area contributed by atoms with Gasteiger partial charge >= 0.3 is 5.97 Å². The molecule has 2 aliphatic rings. The Kier molecular flexibility index (Phi) is 3.99. The SMILES string of the molecule is COC(=O)c1ccc2c(c1)[C@H]1C=CC[C@H]1[C@@H](c1ccc(C(=O)[O-])cc1)N2. The maximum absolute atomic E-state index is 11.9. The molecule has 1 N–H and O–H groups in total. The Morgan fingerprint density at radius 1 is 1.12 bits per heavy atom. The Labute approximate surface area is 151 Å². The number of nitrogens with one attached hydrogen (secondary N) is 1. The second-order valence-electron chi connectivity index (χ2n) is 6.68. The van der Waals surface area contributed by atoms with Crippen molar-refractivity contribution in [2.45, 2.75) is 18.4 Å². The first-order chi connectivity index (χ1) is 12.6. The van der Waals surface area contributed by atoms with Crippen molar-refractivity contribution in [1.82, 2.24) is 0 Å². The number of carboxylic acid groups (broad SMARTS) is 1. The molecule has 0 amide bonds. The van der Waals surface area contributed by atoms with Crippen molar-refractivity contribution in [1.29, 1.82) is 0 Å². The van der Waals surface area contributed by atoms with Gasteiger partial charge in [-0.3, -0.25) is 0 Å². The van der Waals surface area contributed by atoms with Crippen LogP contribution in [0, 0.1) is 5.92 Å². The Balaban J connectivity index is 1.71. The van der Waals surface area contributed by atoms with Crippen LogP contribution in [0.25, 0.3) is 0 Å². The second-order valence-corrected chi connectivity index (χ2v) is 6.68. The average Bonchev–Trinajstić information content (AvgIpc) is 3.16. The number of benzene rings is 2. The van der Waals surface area contributed by atoms with Crippen LogP contribution in [0.3, 0.4) is 0 Å². The van der Waals surface area contributed by atoms with Crippen molar-refractivity contribution >= 4 is 17.6 Å². The quantitative estimate of drug-likeness (QED) is 0.681. The Bertz CT molecular complexity index is 901. The van der Waals surface area contributed by atoms with Crippen molar-refractivity contribution in [3.8, 4) is 0 Å². The highest BCUT2D eigenvalue weighted by Gasteiger charge is 2.38. The summed E-state index contributed by atoms with van der Waals surface area (Å²) in [5, 5.41) is 14.5. The molecule has 5 nitrogen and oxygen atoms in total. The number of methoxy groups -OCH3 is 1. The summed E-state index contributed by atoms with van der Waals surface area (Å²) in [6.45, 7) is 0. The molecule has 0 aromatic heterocycles. The van der Waals surface area contributed by atoms with Gasteiger partial charge in [0, 0.05) is 11.6 Å².